The van der Waals surface area contributed by atoms with Gasteiger partial charge in [0.2, 0.25) is 10.3 Å². The van der Waals surface area contributed by atoms with E-state index in [1.807, 2.05) is 12.1 Å². The van der Waals surface area contributed by atoms with Crippen molar-refractivity contribution in [3.8, 4) is 0 Å². The molecule has 10 nitrogen and oxygen atoms in total. The number of hydrogen-bond acceptors (Lipinski definition) is 7. The van der Waals surface area contributed by atoms with E-state index in [1.165, 1.54) is 16.0 Å². The molecule has 1 aromatic rings. The highest BCUT2D eigenvalue weighted by molar-refractivity contribution is 7.73. The first-order chi connectivity index (χ1) is 17.4. The lowest BCUT2D eigenvalue weighted by atomic mass is 9.76. The van der Waals surface area contributed by atoms with Crippen molar-refractivity contribution < 1.29 is 28.0 Å². The summed E-state index contributed by atoms with van der Waals surface area (Å²) in [6, 6.07) is 8.37. The van der Waals surface area contributed by atoms with Gasteiger partial charge in [-0.25, -0.2) is 10.3 Å². The van der Waals surface area contributed by atoms with Gasteiger partial charge in [-0.15, -0.1) is 0 Å². The fourth-order valence-electron chi connectivity index (χ4n) is 5.88. The van der Waals surface area contributed by atoms with Crippen molar-refractivity contribution in [3.63, 3.8) is 0 Å². The summed E-state index contributed by atoms with van der Waals surface area (Å²) >= 11 is 0. The molecular formula is C25H36N4O6S. The van der Waals surface area contributed by atoms with Gasteiger partial charge < -0.3 is 15.0 Å². The van der Waals surface area contributed by atoms with Gasteiger partial charge in [0.1, 0.15) is 17.0 Å². The van der Waals surface area contributed by atoms with E-state index in [-0.39, 0.29) is 43.6 Å². The third kappa shape index (κ3) is 5.59. The standard InChI is InChI=1S/C25H36N4O6S/c1-18-5-2-3-7-21(18)19-8-13-28(14-9-19)23(36(33)34)25(22(30)27-32)10-15-29(16-11-25)24(31)35-17-20-6-4-12-26-20/h2-3,5,7,19-20,26,32H,4,6,8-17H2,1H3,(H,27,30). The van der Waals surface area contributed by atoms with Crippen molar-refractivity contribution in [1.29, 1.82) is 0 Å². The molecule has 1 unspecified atom stereocenters. The molecule has 3 N–H and O–H groups in total. The highest BCUT2D eigenvalue weighted by atomic mass is 32.2. The number of piperidine rings is 2. The van der Waals surface area contributed by atoms with E-state index in [2.05, 4.69) is 24.4 Å². The molecule has 3 fully saturated rings. The Kier molecular flexibility index (Phi) is 8.66. The van der Waals surface area contributed by atoms with Gasteiger partial charge >= 0.3 is 6.09 Å². The summed E-state index contributed by atoms with van der Waals surface area (Å²) < 4.78 is 30.5. The normalized spacial score (nSPS) is 22.7. The summed E-state index contributed by atoms with van der Waals surface area (Å²) in [6.07, 6.45) is 3.23. The van der Waals surface area contributed by atoms with Crippen LogP contribution in [-0.2, 0) is 19.8 Å². The lowest BCUT2D eigenvalue weighted by Crippen LogP contribution is -2.59. The Morgan fingerprint density at radius 3 is 2.39 bits per heavy atom. The van der Waals surface area contributed by atoms with Crippen LogP contribution in [0.5, 0.6) is 0 Å². The molecule has 36 heavy (non-hydrogen) atoms. The monoisotopic (exact) mass is 520 g/mol. The molecule has 3 heterocycles. The number of amides is 2. The summed E-state index contributed by atoms with van der Waals surface area (Å²) in [6.45, 7) is 4.57. The number of nitrogens with zero attached hydrogens (tertiary/aromatic N) is 2. The fourth-order valence-corrected chi connectivity index (χ4v) is 6.89. The number of hydrogen-bond donors (Lipinski definition) is 3. The van der Waals surface area contributed by atoms with E-state index in [0.717, 1.165) is 32.2 Å². The van der Waals surface area contributed by atoms with Crippen LogP contribution in [0.1, 0.15) is 55.6 Å². The zero-order valence-electron chi connectivity index (χ0n) is 20.7. The molecule has 0 radical (unpaired) electrons. The second-order valence-corrected chi connectivity index (χ2v) is 10.9. The minimum Gasteiger partial charge on any atom is -0.448 e. The largest absolute Gasteiger partial charge is 0.448 e. The Morgan fingerprint density at radius 1 is 1.11 bits per heavy atom. The maximum absolute atomic E-state index is 13.0. The second-order valence-electron chi connectivity index (χ2n) is 10.0. The topological polar surface area (TPSA) is 128 Å². The minimum absolute atomic E-state index is 0.000423. The lowest BCUT2D eigenvalue weighted by Gasteiger charge is -2.43. The number of hydroxylamine groups is 1. The van der Waals surface area contributed by atoms with Gasteiger partial charge in [0.25, 0.3) is 5.91 Å². The highest BCUT2D eigenvalue weighted by Gasteiger charge is 2.50. The fraction of sp³-hybridized carbons (Fsp3) is 0.640. The predicted octanol–water partition coefficient (Wildman–Crippen LogP) is 1.66. The summed E-state index contributed by atoms with van der Waals surface area (Å²) in [7, 11) is -2.67. The van der Waals surface area contributed by atoms with Gasteiger partial charge in [0.05, 0.1) is 0 Å². The van der Waals surface area contributed by atoms with Gasteiger partial charge in [0.15, 0.2) is 0 Å². The van der Waals surface area contributed by atoms with Gasteiger partial charge in [-0.3, -0.25) is 14.9 Å². The Bertz CT molecular complexity index is 1080. The first-order valence-corrected chi connectivity index (χ1v) is 13.8. The molecule has 3 aliphatic rings. The maximum atomic E-state index is 13.0. The molecule has 0 spiro atoms. The highest BCUT2D eigenvalue weighted by Crippen LogP contribution is 2.38. The zero-order valence-corrected chi connectivity index (χ0v) is 21.6. The van der Waals surface area contributed by atoms with Crippen LogP contribution in [0.15, 0.2) is 24.3 Å². The van der Waals surface area contributed by atoms with Gasteiger partial charge in [0, 0.05) is 32.2 Å². The lowest BCUT2D eigenvalue weighted by molar-refractivity contribution is -0.138. The molecule has 3 saturated heterocycles. The van der Waals surface area contributed by atoms with Crippen LogP contribution >= 0.6 is 0 Å². The van der Waals surface area contributed by atoms with Crippen LogP contribution < -0.4 is 10.8 Å². The molecular weight excluding hydrogens is 484 g/mol. The van der Waals surface area contributed by atoms with Crippen molar-refractivity contribution in [1.82, 2.24) is 20.6 Å². The molecule has 4 rings (SSSR count). The predicted molar refractivity (Wildman–Crippen MR) is 134 cm³/mol. The third-order valence-electron chi connectivity index (χ3n) is 7.96. The Labute approximate surface area is 213 Å². The number of ether oxygens (including phenoxy) is 1. The van der Waals surface area contributed by atoms with Gasteiger partial charge in [-0.1, -0.05) is 24.3 Å². The quantitative estimate of drug-likeness (QED) is 0.304. The Balaban J connectivity index is 1.45. The Morgan fingerprint density at radius 2 is 1.81 bits per heavy atom. The first-order valence-electron chi connectivity index (χ1n) is 12.7. The number of nitrogens with one attached hydrogen (secondary N) is 2. The van der Waals surface area contributed by atoms with E-state index in [9.17, 15) is 23.2 Å². The van der Waals surface area contributed by atoms with E-state index < -0.39 is 27.7 Å². The average Bonchev–Trinajstić information content (AvgIpc) is 3.41. The summed E-state index contributed by atoms with van der Waals surface area (Å²) in [5.41, 5.74) is 2.73. The van der Waals surface area contributed by atoms with E-state index >= 15 is 0 Å². The van der Waals surface area contributed by atoms with E-state index in [1.54, 1.807) is 10.4 Å². The number of rotatable bonds is 5. The molecule has 0 saturated carbocycles. The van der Waals surface area contributed by atoms with Gasteiger partial charge in [-0.2, -0.15) is 8.42 Å². The number of carbonyl (C=O) groups excluding carboxylic acids is 2. The number of carbonyl (C=O) groups is 2. The summed E-state index contributed by atoms with van der Waals surface area (Å²) in [5.74, 6) is -0.441. The van der Waals surface area contributed by atoms with Crippen LogP contribution in [-0.4, -0.2) is 85.8 Å². The molecule has 198 valence electrons. The number of benzene rings is 1. The zero-order chi connectivity index (χ0) is 25.7. The molecule has 0 bridgehead atoms. The van der Waals surface area contributed by atoms with Crippen molar-refractivity contribution in [2.75, 3.05) is 39.3 Å². The molecule has 0 aliphatic carbocycles. The first kappa shape index (κ1) is 26.6. The Hall–Kier alpha value is -2.47. The van der Waals surface area contributed by atoms with Crippen molar-refractivity contribution >= 4 is 27.3 Å². The molecule has 0 aromatic heterocycles. The van der Waals surface area contributed by atoms with E-state index in [4.69, 9.17) is 4.74 Å². The average molecular weight is 521 g/mol. The second kappa shape index (κ2) is 11.7. The summed E-state index contributed by atoms with van der Waals surface area (Å²) in [5, 5.41) is 12.8. The van der Waals surface area contributed by atoms with Gasteiger partial charge in [-0.05, 0) is 69.0 Å². The van der Waals surface area contributed by atoms with Crippen molar-refractivity contribution in [3.05, 3.63) is 35.4 Å². The molecule has 3 aliphatic heterocycles. The van der Waals surface area contributed by atoms with Crippen molar-refractivity contribution in [2.45, 2.75) is 57.4 Å². The third-order valence-corrected chi connectivity index (χ3v) is 8.92. The smallest absolute Gasteiger partial charge is 0.409 e. The molecule has 1 aromatic carbocycles. The molecule has 11 heteroatoms. The molecule has 1 atom stereocenters. The van der Waals surface area contributed by atoms with Crippen LogP contribution in [0.3, 0.4) is 0 Å². The van der Waals surface area contributed by atoms with E-state index in [0.29, 0.717) is 19.0 Å². The van der Waals surface area contributed by atoms with Crippen LogP contribution in [0.25, 0.3) is 0 Å². The summed E-state index contributed by atoms with van der Waals surface area (Å²) in [4.78, 5) is 28.8. The SMILES string of the molecule is Cc1ccccc1C1CCN(C(=S(=O)=O)C2(C(=O)NO)CCN(C(=O)OCC3CCCN3)CC2)CC1. The number of likely N-dealkylation sites (tertiary alicyclic amines) is 2. The number of aryl methyl sites for hydroxylation is 1. The van der Waals surface area contributed by atoms with Crippen LogP contribution in [0.4, 0.5) is 4.79 Å². The van der Waals surface area contributed by atoms with Crippen molar-refractivity contribution in [2.24, 2.45) is 5.41 Å². The van der Waals surface area contributed by atoms with Crippen LogP contribution in [0, 0.1) is 12.3 Å². The molecule has 2 amide bonds. The maximum Gasteiger partial charge on any atom is 0.409 e. The van der Waals surface area contributed by atoms with Crippen LogP contribution in [0.2, 0.25) is 0 Å². The minimum atomic E-state index is -2.67.